The second-order valence-corrected chi connectivity index (χ2v) is 5.14. The normalized spacial score (nSPS) is 10.2. The fourth-order valence-corrected chi connectivity index (χ4v) is 2.06. The predicted octanol–water partition coefficient (Wildman–Crippen LogP) is 2.73. The molecule has 0 aliphatic heterocycles. The fourth-order valence-electron chi connectivity index (χ4n) is 2.06. The van der Waals surface area contributed by atoms with E-state index in [1.54, 1.807) is 49.6 Å². The van der Waals surface area contributed by atoms with Crippen LogP contribution in [0.3, 0.4) is 0 Å². The van der Waals surface area contributed by atoms with Gasteiger partial charge in [-0.05, 0) is 36.4 Å². The molecule has 0 atom stereocenters. The predicted molar refractivity (Wildman–Crippen MR) is 99.8 cm³/mol. The Bertz CT molecular complexity index is 798. The number of amides is 2. The lowest BCUT2D eigenvalue weighted by molar-refractivity contribution is -0.117. The van der Waals surface area contributed by atoms with Crippen molar-refractivity contribution in [1.29, 1.82) is 0 Å². The average Bonchev–Trinajstić information content (AvgIpc) is 2.69. The van der Waals surface area contributed by atoms with Crippen LogP contribution in [0.25, 0.3) is 6.08 Å². The molecule has 0 unspecified atom stereocenters. The number of hydrogen-bond donors (Lipinski definition) is 2. The Morgan fingerprint density at radius 1 is 1.08 bits per heavy atom. The Kier molecular flexibility index (Phi) is 7.00. The third kappa shape index (κ3) is 5.52. The summed E-state index contributed by atoms with van der Waals surface area (Å²) in [7, 11) is 1.56. The second kappa shape index (κ2) is 9.68. The lowest BCUT2D eigenvalue weighted by Crippen LogP contribution is -2.40. The van der Waals surface area contributed by atoms with Crippen molar-refractivity contribution in [2.24, 2.45) is 0 Å². The summed E-state index contributed by atoms with van der Waals surface area (Å²) in [6.07, 6.45) is 4.55. The molecule has 134 valence electrons. The molecule has 0 fully saturated rings. The highest BCUT2D eigenvalue weighted by Gasteiger charge is 2.06. The van der Waals surface area contributed by atoms with Crippen LogP contribution in [0, 0.1) is 0 Å². The van der Waals surface area contributed by atoms with Gasteiger partial charge in [-0.1, -0.05) is 30.9 Å². The Labute approximate surface area is 152 Å². The molecule has 6 nitrogen and oxygen atoms in total. The van der Waals surface area contributed by atoms with Gasteiger partial charge in [-0.3, -0.25) is 20.4 Å². The number of carbonyl (C=O) groups excluding carboxylic acids is 2. The number of benzene rings is 2. The lowest BCUT2D eigenvalue weighted by atomic mass is 10.2. The molecule has 2 aromatic carbocycles. The highest BCUT2D eigenvalue weighted by atomic mass is 16.5. The van der Waals surface area contributed by atoms with E-state index in [1.165, 1.54) is 6.08 Å². The Morgan fingerprint density at radius 3 is 2.50 bits per heavy atom. The number of hydrazine groups is 1. The molecular formula is C20H20N2O4. The van der Waals surface area contributed by atoms with Crippen LogP contribution in [0.2, 0.25) is 0 Å². The largest absolute Gasteiger partial charge is 0.496 e. The summed E-state index contributed by atoms with van der Waals surface area (Å²) in [5.74, 6) is 0.388. The van der Waals surface area contributed by atoms with E-state index in [9.17, 15) is 9.59 Å². The van der Waals surface area contributed by atoms with E-state index in [4.69, 9.17) is 9.47 Å². The van der Waals surface area contributed by atoms with Crippen LogP contribution in [0.4, 0.5) is 0 Å². The highest BCUT2D eigenvalue weighted by Crippen LogP contribution is 2.18. The fraction of sp³-hybridized carbons (Fsp3) is 0.100. The maximum atomic E-state index is 12.0. The standard InChI is InChI=1S/C20H20N2O4/c1-3-14-26-17-11-8-16(9-12-17)20(24)22-21-19(23)13-10-15-6-4-5-7-18(15)25-2/h3-13H,1,14H2,2H3,(H,21,23)(H,22,24)/b13-10+. The third-order valence-corrected chi connectivity index (χ3v) is 3.34. The van der Waals surface area contributed by atoms with Gasteiger partial charge in [-0.15, -0.1) is 0 Å². The summed E-state index contributed by atoms with van der Waals surface area (Å²) < 4.78 is 10.5. The number of hydrogen-bond acceptors (Lipinski definition) is 4. The average molecular weight is 352 g/mol. The van der Waals surface area contributed by atoms with Crippen molar-refractivity contribution >= 4 is 17.9 Å². The topological polar surface area (TPSA) is 76.7 Å². The Hall–Kier alpha value is -3.54. The van der Waals surface area contributed by atoms with Gasteiger partial charge in [-0.25, -0.2) is 0 Å². The van der Waals surface area contributed by atoms with E-state index < -0.39 is 11.8 Å². The van der Waals surface area contributed by atoms with Crippen molar-refractivity contribution < 1.29 is 19.1 Å². The van der Waals surface area contributed by atoms with Crippen molar-refractivity contribution in [2.45, 2.75) is 0 Å². The quantitative estimate of drug-likeness (QED) is 0.456. The molecule has 0 aliphatic rings. The van der Waals surface area contributed by atoms with E-state index in [1.807, 2.05) is 18.2 Å². The summed E-state index contributed by atoms with van der Waals surface area (Å²) in [4.78, 5) is 23.9. The van der Waals surface area contributed by atoms with E-state index in [2.05, 4.69) is 17.4 Å². The minimum absolute atomic E-state index is 0.389. The molecule has 6 heteroatoms. The molecule has 0 aromatic heterocycles. The monoisotopic (exact) mass is 352 g/mol. The molecule has 0 radical (unpaired) electrons. The molecule has 0 saturated carbocycles. The van der Waals surface area contributed by atoms with E-state index in [-0.39, 0.29) is 0 Å². The minimum Gasteiger partial charge on any atom is -0.496 e. The number of carbonyl (C=O) groups is 2. The van der Waals surface area contributed by atoms with Crippen molar-refractivity contribution in [1.82, 2.24) is 10.9 Å². The second-order valence-electron chi connectivity index (χ2n) is 5.14. The molecule has 2 aromatic rings. The van der Waals surface area contributed by atoms with Crippen LogP contribution in [0.1, 0.15) is 15.9 Å². The summed E-state index contributed by atoms with van der Waals surface area (Å²) in [6.45, 7) is 3.95. The smallest absolute Gasteiger partial charge is 0.269 e. The number of para-hydroxylation sites is 1. The van der Waals surface area contributed by atoms with E-state index in [0.29, 0.717) is 23.7 Å². The van der Waals surface area contributed by atoms with Gasteiger partial charge in [0.25, 0.3) is 11.8 Å². The first kappa shape index (κ1) is 18.8. The van der Waals surface area contributed by atoms with Crippen LogP contribution in [-0.4, -0.2) is 25.5 Å². The van der Waals surface area contributed by atoms with Crippen LogP contribution in [0.15, 0.2) is 67.3 Å². The lowest BCUT2D eigenvalue weighted by Gasteiger charge is -2.07. The number of methoxy groups -OCH3 is 1. The number of ether oxygens (including phenoxy) is 2. The van der Waals surface area contributed by atoms with Crippen molar-refractivity contribution in [2.75, 3.05) is 13.7 Å². The van der Waals surface area contributed by atoms with Gasteiger partial charge in [0.15, 0.2) is 0 Å². The SMILES string of the molecule is C=CCOc1ccc(C(=O)NNC(=O)/C=C/c2ccccc2OC)cc1. The molecule has 0 saturated heterocycles. The first-order valence-electron chi connectivity index (χ1n) is 7.89. The minimum atomic E-state index is -0.463. The first-order valence-corrected chi connectivity index (χ1v) is 7.89. The number of rotatable bonds is 7. The van der Waals surface area contributed by atoms with Crippen molar-refractivity contribution in [3.63, 3.8) is 0 Å². The molecule has 2 rings (SSSR count). The van der Waals surface area contributed by atoms with Gasteiger partial charge >= 0.3 is 0 Å². The molecule has 0 bridgehead atoms. The van der Waals surface area contributed by atoms with Crippen LogP contribution in [0.5, 0.6) is 11.5 Å². The highest BCUT2D eigenvalue weighted by molar-refractivity contribution is 5.98. The zero-order valence-electron chi connectivity index (χ0n) is 14.4. The third-order valence-electron chi connectivity index (χ3n) is 3.34. The van der Waals surface area contributed by atoms with Crippen LogP contribution in [-0.2, 0) is 4.79 Å². The maximum absolute atomic E-state index is 12.0. The summed E-state index contributed by atoms with van der Waals surface area (Å²) >= 11 is 0. The van der Waals surface area contributed by atoms with Gasteiger partial charge in [0, 0.05) is 17.2 Å². The van der Waals surface area contributed by atoms with Gasteiger partial charge in [0.05, 0.1) is 7.11 Å². The summed E-state index contributed by atoms with van der Waals surface area (Å²) in [5.41, 5.74) is 5.82. The molecule has 2 amide bonds. The summed E-state index contributed by atoms with van der Waals surface area (Å²) in [6, 6.07) is 13.8. The molecular weight excluding hydrogens is 332 g/mol. The van der Waals surface area contributed by atoms with Gasteiger partial charge < -0.3 is 9.47 Å². The molecule has 26 heavy (non-hydrogen) atoms. The molecule has 0 heterocycles. The zero-order valence-corrected chi connectivity index (χ0v) is 14.4. The van der Waals surface area contributed by atoms with Gasteiger partial charge in [-0.2, -0.15) is 0 Å². The van der Waals surface area contributed by atoms with Gasteiger partial charge in [0.1, 0.15) is 18.1 Å². The molecule has 0 aliphatic carbocycles. The number of nitrogens with one attached hydrogen (secondary N) is 2. The van der Waals surface area contributed by atoms with Crippen molar-refractivity contribution in [3.05, 3.63) is 78.4 Å². The molecule has 0 spiro atoms. The van der Waals surface area contributed by atoms with E-state index in [0.717, 1.165) is 5.56 Å². The van der Waals surface area contributed by atoms with Crippen molar-refractivity contribution in [3.8, 4) is 11.5 Å². The zero-order chi connectivity index (χ0) is 18.8. The van der Waals surface area contributed by atoms with Crippen LogP contribution >= 0.6 is 0 Å². The Balaban J connectivity index is 1.87. The first-order chi connectivity index (χ1) is 12.6. The van der Waals surface area contributed by atoms with Crippen LogP contribution < -0.4 is 20.3 Å². The van der Waals surface area contributed by atoms with E-state index >= 15 is 0 Å². The summed E-state index contributed by atoms with van der Waals surface area (Å²) in [5, 5.41) is 0. The molecule has 2 N–H and O–H groups in total. The Morgan fingerprint density at radius 2 is 1.81 bits per heavy atom. The van der Waals surface area contributed by atoms with Gasteiger partial charge in [0.2, 0.25) is 0 Å². The maximum Gasteiger partial charge on any atom is 0.269 e.